The second-order valence-electron chi connectivity index (χ2n) is 6.23. The number of ether oxygens (including phenoxy) is 1. The van der Waals surface area contributed by atoms with Crippen LogP contribution < -0.4 is 4.74 Å². The third-order valence-corrected chi connectivity index (χ3v) is 5.36. The Morgan fingerprint density at radius 3 is 2.36 bits per heavy atom. The molecule has 2 aromatic carbocycles. The SMILES string of the molecule is COc1ccc(CSc2nnc(-c3ccccn3)n2Cc2ccccc2)cc1. The summed E-state index contributed by atoms with van der Waals surface area (Å²) in [5.41, 5.74) is 3.23. The summed E-state index contributed by atoms with van der Waals surface area (Å²) in [6.45, 7) is 0.699. The fourth-order valence-electron chi connectivity index (χ4n) is 2.86. The standard InChI is InChI=1S/C22H20N4OS/c1-27-19-12-10-18(11-13-19)16-28-22-25-24-21(20-9-5-6-14-23-20)26(22)15-17-7-3-2-4-8-17/h2-14H,15-16H2,1H3. The van der Waals surface area contributed by atoms with Crippen LogP contribution in [0.25, 0.3) is 11.5 Å². The molecular formula is C22H20N4OS. The maximum atomic E-state index is 5.23. The molecule has 4 aromatic rings. The van der Waals surface area contributed by atoms with E-state index in [0.29, 0.717) is 6.54 Å². The van der Waals surface area contributed by atoms with E-state index in [4.69, 9.17) is 4.74 Å². The van der Waals surface area contributed by atoms with Gasteiger partial charge in [0.05, 0.1) is 13.7 Å². The van der Waals surface area contributed by atoms with Crippen LogP contribution in [0.2, 0.25) is 0 Å². The molecule has 140 valence electrons. The maximum absolute atomic E-state index is 5.23. The molecule has 5 nitrogen and oxygen atoms in total. The first kappa shape index (κ1) is 18.3. The van der Waals surface area contributed by atoms with Gasteiger partial charge in [0.15, 0.2) is 11.0 Å². The molecule has 0 atom stereocenters. The fourth-order valence-corrected chi connectivity index (χ4v) is 3.75. The molecule has 0 aliphatic rings. The summed E-state index contributed by atoms with van der Waals surface area (Å²) in [5, 5.41) is 9.76. The van der Waals surface area contributed by atoms with Crippen molar-refractivity contribution in [1.82, 2.24) is 19.7 Å². The third kappa shape index (κ3) is 4.23. The first-order valence-electron chi connectivity index (χ1n) is 8.98. The number of benzene rings is 2. The summed E-state index contributed by atoms with van der Waals surface area (Å²) in [7, 11) is 1.68. The van der Waals surface area contributed by atoms with Crippen LogP contribution in [0, 0.1) is 0 Å². The van der Waals surface area contributed by atoms with Crippen LogP contribution in [0.15, 0.2) is 84.1 Å². The highest BCUT2D eigenvalue weighted by molar-refractivity contribution is 7.98. The normalized spacial score (nSPS) is 10.8. The molecule has 0 amide bonds. The number of thioether (sulfide) groups is 1. The zero-order valence-electron chi connectivity index (χ0n) is 15.5. The van der Waals surface area contributed by atoms with Gasteiger partial charge in [-0.05, 0) is 35.4 Å². The lowest BCUT2D eigenvalue weighted by Gasteiger charge is -2.10. The van der Waals surface area contributed by atoms with Gasteiger partial charge in [-0.2, -0.15) is 0 Å². The van der Waals surface area contributed by atoms with Crippen molar-refractivity contribution in [1.29, 1.82) is 0 Å². The Morgan fingerprint density at radius 2 is 1.64 bits per heavy atom. The summed E-state index contributed by atoms with van der Waals surface area (Å²) < 4.78 is 7.36. The van der Waals surface area contributed by atoms with E-state index in [2.05, 4.69) is 44.0 Å². The Kier molecular flexibility index (Phi) is 5.68. The van der Waals surface area contributed by atoms with Crippen molar-refractivity contribution >= 4 is 11.8 Å². The number of rotatable bonds is 7. The van der Waals surface area contributed by atoms with Crippen LogP contribution in [-0.2, 0) is 12.3 Å². The fraction of sp³-hybridized carbons (Fsp3) is 0.136. The van der Waals surface area contributed by atoms with E-state index in [-0.39, 0.29) is 0 Å². The molecule has 0 aliphatic carbocycles. The van der Waals surface area contributed by atoms with Gasteiger partial charge in [0.1, 0.15) is 11.4 Å². The lowest BCUT2D eigenvalue weighted by molar-refractivity contribution is 0.414. The van der Waals surface area contributed by atoms with Gasteiger partial charge >= 0.3 is 0 Å². The molecule has 6 heteroatoms. The molecule has 0 N–H and O–H groups in total. The molecule has 2 aromatic heterocycles. The number of aromatic nitrogens is 4. The summed E-state index contributed by atoms with van der Waals surface area (Å²) in [6.07, 6.45) is 1.78. The van der Waals surface area contributed by atoms with Crippen molar-refractivity contribution in [2.45, 2.75) is 17.5 Å². The van der Waals surface area contributed by atoms with Gasteiger partial charge in [0, 0.05) is 11.9 Å². The molecule has 0 radical (unpaired) electrons. The summed E-state index contributed by atoms with van der Waals surface area (Å²) in [5.74, 6) is 2.44. The number of hydrogen-bond acceptors (Lipinski definition) is 5. The summed E-state index contributed by atoms with van der Waals surface area (Å²) >= 11 is 1.67. The summed E-state index contributed by atoms with van der Waals surface area (Å²) in [4.78, 5) is 4.46. The first-order chi connectivity index (χ1) is 13.8. The Bertz CT molecular complexity index is 1020. The van der Waals surface area contributed by atoms with E-state index >= 15 is 0 Å². The lowest BCUT2D eigenvalue weighted by atomic mass is 10.2. The van der Waals surface area contributed by atoms with Crippen LogP contribution in [0.5, 0.6) is 5.75 Å². The highest BCUT2D eigenvalue weighted by Crippen LogP contribution is 2.27. The minimum atomic E-state index is 0.699. The molecule has 0 saturated carbocycles. The second-order valence-corrected chi connectivity index (χ2v) is 7.17. The Labute approximate surface area is 168 Å². The molecule has 0 fully saturated rings. The van der Waals surface area contributed by atoms with Crippen LogP contribution in [0.3, 0.4) is 0 Å². The van der Waals surface area contributed by atoms with Crippen LogP contribution in [0.4, 0.5) is 0 Å². The van der Waals surface area contributed by atoms with Crippen molar-refractivity contribution in [3.05, 3.63) is 90.1 Å². The zero-order chi connectivity index (χ0) is 19.2. The molecule has 0 bridgehead atoms. The second kappa shape index (κ2) is 8.71. The van der Waals surface area contributed by atoms with Gasteiger partial charge in [-0.15, -0.1) is 10.2 Å². The Morgan fingerprint density at radius 1 is 0.857 bits per heavy atom. The number of pyridine rings is 1. The molecule has 28 heavy (non-hydrogen) atoms. The Balaban J connectivity index is 1.61. The third-order valence-electron chi connectivity index (χ3n) is 4.32. The maximum Gasteiger partial charge on any atom is 0.192 e. The van der Waals surface area contributed by atoms with E-state index in [1.807, 2.05) is 48.5 Å². The van der Waals surface area contributed by atoms with E-state index in [9.17, 15) is 0 Å². The van der Waals surface area contributed by atoms with Gasteiger partial charge in [-0.3, -0.25) is 9.55 Å². The van der Waals surface area contributed by atoms with E-state index < -0.39 is 0 Å². The van der Waals surface area contributed by atoms with Crippen molar-refractivity contribution in [2.24, 2.45) is 0 Å². The monoisotopic (exact) mass is 388 g/mol. The van der Waals surface area contributed by atoms with Crippen molar-refractivity contribution in [3.8, 4) is 17.3 Å². The van der Waals surface area contributed by atoms with Crippen molar-refractivity contribution in [2.75, 3.05) is 7.11 Å². The molecule has 4 rings (SSSR count). The molecule has 0 saturated heterocycles. The van der Waals surface area contributed by atoms with Gasteiger partial charge < -0.3 is 4.74 Å². The van der Waals surface area contributed by atoms with Gasteiger partial charge in [-0.25, -0.2) is 0 Å². The van der Waals surface area contributed by atoms with Crippen LogP contribution in [0.1, 0.15) is 11.1 Å². The number of methoxy groups -OCH3 is 1. The Hall–Kier alpha value is -3.12. The molecule has 0 unspecified atom stereocenters. The van der Waals surface area contributed by atoms with Gasteiger partial charge in [0.25, 0.3) is 0 Å². The van der Waals surface area contributed by atoms with Crippen molar-refractivity contribution < 1.29 is 4.74 Å². The van der Waals surface area contributed by atoms with E-state index in [0.717, 1.165) is 28.2 Å². The highest BCUT2D eigenvalue weighted by atomic mass is 32.2. The number of nitrogens with zero attached hydrogens (tertiary/aromatic N) is 4. The first-order valence-corrected chi connectivity index (χ1v) is 9.96. The largest absolute Gasteiger partial charge is 0.497 e. The van der Waals surface area contributed by atoms with Gasteiger partial charge in [-0.1, -0.05) is 60.3 Å². The predicted molar refractivity (Wildman–Crippen MR) is 111 cm³/mol. The minimum Gasteiger partial charge on any atom is -0.497 e. The lowest BCUT2D eigenvalue weighted by Crippen LogP contribution is -2.04. The van der Waals surface area contributed by atoms with E-state index in [1.54, 1.807) is 25.1 Å². The molecule has 0 aliphatic heterocycles. The van der Waals surface area contributed by atoms with Crippen LogP contribution >= 0.6 is 11.8 Å². The predicted octanol–water partition coefficient (Wildman–Crippen LogP) is 4.69. The van der Waals surface area contributed by atoms with Gasteiger partial charge in [0.2, 0.25) is 0 Å². The van der Waals surface area contributed by atoms with Crippen molar-refractivity contribution in [3.63, 3.8) is 0 Å². The minimum absolute atomic E-state index is 0.699. The molecular weight excluding hydrogens is 368 g/mol. The highest BCUT2D eigenvalue weighted by Gasteiger charge is 2.15. The van der Waals surface area contributed by atoms with Crippen LogP contribution in [-0.4, -0.2) is 26.9 Å². The zero-order valence-corrected chi connectivity index (χ0v) is 16.3. The summed E-state index contributed by atoms with van der Waals surface area (Å²) in [6, 6.07) is 24.3. The topological polar surface area (TPSA) is 52.8 Å². The van der Waals surface area contributed by atoms with E-state index in [1.165, 1.54) is 11.1 Å². The average molecular weight is 388 g/mol. The quantitative estimate of drug-likeness (QED) is 0.430. The average Bonchev–Trinajstić information content (AvgIpc) is 3.16. The molecule has 0 spiro atoms. The molecule has 2 heterocycles. The number of hydrogen-bond donors (Lipinski definition) is 0. The smallest absolute Gasteiger partial charge is 0.192 e.